The molecule has 0 heterocycles. The van der Waals surface area contributed by atoms with E-state index in [-0.39, 0.29) is 29.6 Å². The van der Waals surface area contributed by atoms with E-state index in [0.717, 1.165) is 0 Å². The second-order valence-corrected chi connectivity index (χ2v) is 2.94. The van der Waals surface area contributed by atoms with Crippen molar-refractivity contribution in [1.82, 2.24) is 0 Å². The Balaban J connectivity index is 0.00000121. The summed E-state index contributed by atoms with van der Waals surface area (Å²) < 4.78 is 0. The molecular formula is C11H16Na. The average molecular weight is 171 g/mol. The van der Waals surface area contributed by atoms with Gasteiger partial charge in [0.25, 0.3) is 0 Å². The molecule has 0 fully saturated rings. The molecule has 0 aliphatic rings. The van der Waals surface area contributed by atoms with Gasteiger partial charge < -0.3 is 0 Å². The van der Waals surface area contributed by atoms with E-state index in [0.29, 0.717) is 0 Å². The van der Waals surface area contributed by atoms with Crippen molar-refractivity contribution in [1.29, 1.82) is 0 Å². The van der Waals surface area contributed by atoms with Gasteiger partial charge in [0.05, 0.1) is 0 Å². The molecule has 0 atom stereocenters. The molecule has 1 aromatic rings. The largest absolute Gasteiger partial charge is 0.0654 e. The Morgan fingerprint density at radius 1 is 1.00 bits per heavy atom. The van der Waals surface area contributed by atoms with Gasteiger partial charge in [-0.15, -0.1) is 0 Å². The number of rotatable bonds is 4. The Morgan fingerprint density at radius 2 is 1.67 bits per heavy atom. The number of aryl methyl sites for hydroxylation is 1. The van der Waals surface area contributed by atoms with Gasteiger partial charge in [-0.05, 0) is 18.4 Å². The maximum atomic E-state index is 2.24. The molecule has 0 N–H and O–H groups in total. The van der Waals surface area contributed by atoms with Gasteiger partial charge in [-0.3, -0.25) is 0 Å². The Kier molecular flexibility index (Phi) is 7.99. The van der Waals surface area contributed by atoms with Gasteiger partial charge in [0, 0.05) is 29.6 Å². The van der Waals surface area contributed by atoms with E-state index in [9.17, 15) is 0 Å². The molecule has 1 heteroatoms. The van der Waals surface area contributed by atoms with Gasteiger partial charge in [-0.25, -0.2) is 0 Å². The molecular weight excluding hydrogens is 155 g/mol. The summed E-state index contributed by atoms with van der Waals surface area (Å²) in [4.78, 5) is 0. The van der Waals surface area contributed by atoms with Crippen molar-refractivity contribution in [3.05, 3.63) is 35.9 Å². The molecule has 0 aromatic heterocycles. The molecule has 61 valence electrons. The molecule has 1 rings (SSSR count). The van der Waals surface area contributed by atoms with Crippen molar-refractivity contribution in [3.63, 3.8) is 0 Å². The van der Waals surface area contributed by atoms with Crippen LogP contribution >= 0.6 is 0 Å². The quantitative estimate of drug-likeness (QED) is 0.482. The standard InChI is InChI=1S/C11H16.Na/c1-2-3-5-8-11-9-6-4-7-10-11;/h4,6-7,9-10H,2-3,5,8H2,1H3;. The van der Waals surface area contributed by atoms with Gasteiger partial charge in [0.1, 0.15) is 0 Å². The van der Waals surface area contributed by atoms with Crippen molar-refractivity contribution in [2.24, 2.45) is 0 Å². The molecule has 0 nitrogen and oxygen atoms in total. The fraction of sp³-hybridized carbons (Fsp3) is 0.455. The normalized spacial score (nSPS) is 9.08. The molecule has 0 saturated heterocycles. The zero-order chi connectivity index (χ0) is 7.94. The first kappa shape index (κ1) is 12.2. The van der Waals surface area contributed by atoms with Crippen LogP contribution in [0.3, 0.4) is 0 Å². The summed E-state index contributed by atoms with van der Waals surface area (Å²) in [6, 6.07) is 10.7. The number of benzene rings is 1. The number of hydrogen-bond donors (Lipinski definition) is 0. The van der Waals surface area contributed by atoms with Crippen LogP contribution < -0.4 is 0 Å². The van der Waals surface area contributed by atoms with Gasteiger partial charge in [-0.1, -0.05) is 50.1 Å². The molecule has 0 unspecified atom stereocenters. The minimum atomic E-state index is 0. The van der Waals surface area contributed by atoms with Crippen LogP contribution in [0.15, 0.2) is 30.3 Å². The Bertz CT molecular complexity index is 181. The molecule has 0 saturated carbocycles. The van der Waals surface area contributed by atoms with Crippen LogP contribution in [-0.4, -0.2) is 29.6 Å². The monoisotopic (exact) mass is 171 g/mol. The Labute approximate surface area is 97.7 Å². The fourth-order valence-corrected chi connectivity index (χ4v) is 1.22. The SMILES string of the molecule is CCCCCc1ccccc1.[Na]. The molecule has 1 radical (unpaired) electrons. The van der Waals surface area contributed by atoms with Gasteiger partial charge in [0.15, 0.2) is 0 Å². The van der Waals surface area contributed by atoms with E-state index in [4.69, 9.17) is 0 Å². The molecule has 1 aromatic carbocycles. The minimum absolute atomic E-state index is 0. The second kappa shape index (κ2) is 7.85. The van der Waals surface area contributed by atoms with Crippen LogP contribution in [0.1, 0.15) is 31.7 Å². The summed E-state index contributed by atoms with van der Waals surface area (Å²) in [6.07, 6.45) is 5.25. The van der Waals surface area contributed by atoms with E-state index in [1.165, 1.54) is 31.2 Å². The summed E-state index contributed by atoms with van der Waals surface area (Å²) in [5, 5.41) is 0. The summed E-state index contributed by atoms with van der Waals surface area (Å²) in [6.45, 7) is 2.24. The first-order valence-electron chi connectivity index (χ1n) is 4.47. The van der Waals surface area contributed by atoms with E-state index in [2.05, 4.69) is 37.3 Å². The Hall–Kier alpha value is 0.220. The maximum Gasteiger partial charge on any atom is 0 e. The third-order valence-electron chi connectivity index (χ3n) is 1.91. The van der Waals surface area contributed by atoms with Crippen molar-refractivity contribution in [3.8, 4) is 0 Å². The predicted octanol–water partition coefficient (Wildman–Crippen LogP) is 3.04. The van der Waals surface area contributed by atoms with E-state index >= 15 is 0 Å². The topological polar surface area (TPSA) is 0 Å². The second-order valence-electron chi connectivity index (χ2n) is 2.94. The summed E-state index contributed by atoms with van der Waals surface area (Å²) in [5.74, 6) is 0. The van der Waals surface area contributed by atoms with Crippen LogP contribution in [-0.2, 0) is 6.42 Å². The first-order valence-corrected chi connectivity index (χ1v) is 4.47. The summed E-state index contributed by atoms with van der Waals surface area (Å²) in [7, 11) is 0. The Morgan fingerprint density at radius 3 is 2.25 bits per heavy atom. The van der Waals surface area contributed by atoms with E-state index in [1.807, 2.05) is 0 Å². The van der Waals surface area contributed by atoms with E-state index in [1.54, 1.807) is 0 Å². The van der Waals surface area contributed by atoms with Gasteiger partial charge in [-0.2, -0.15) is 0 Å². The maximum absolute atomic E-state index is 2.24. The molecule has 0 amide bonds. The zero-order valence-electron chi connectivity index (χ0n) is 8.22. The molecule has 0 aliphatic carbocycles. The van der Waals surface area contributed by atoms with Crippen LogP contribution in [0.5, 0.6) is 0 Å². The van der Waals surface area contributed by atoms with Crippen molar-refractivity contribution < 1.29 is 0 Å². The summed E-state index contributed by atoms with van der Waals surface area (Å²) in [5.41, 5.74) is 1.47. The van der Waals surface area contributed by atoms with Gasteiger partial charge >= 0.3 is 0 Å². The van der Waals surface area contributed by atoms with Crippen molar-refractivity contribution in [2.75, 3.05) is 0 Å². The van der Waals surface area contributed by atoms with E-state index < -0.39 is 0 Å². The fourth-order valence-electron chi connectivity index (χ4n) is 1.22. The third-order valence-corrected chi connectivity index (χ3v) is 1.91. The number of hydrogen-bond acceptors (Lipinski definition) is 0. The predicted molar refractivity (Wildman–Crippen MR) is 55.4 cm³/mol. The van der Waals surface area contributed by atoms with Crippen LogP contribution in [0.2, 0.25) is 0 Å². The van der Waals surface area contributed by atoms with Crippen LogP contribution in [0.25, 0.3) is 0 Å². The number of unbranched alkanes of at least 4 members (excludes halogenated alkanes) is 2. The first-order chi connectivity index (χ1) is 5.43. The van der Waals surface area contributed by atoms with Crippen molar-refractivity contribution >= 4 is 29.6 Å². The zero-order valence-corrected chi connectivity index (χ0v) is 10.2. The third kappa shape index (κ3) is 4.97. The minimum Gasteiger partial charge on any atom is -0.0654 e. The van der Waals surface area contributed by atoms with Crippen LogP contribution in [0.4, 0.5) is 0 Å². The summed E-state index contributed by atoms with van der Waals surface area (Å²) >= 11 is 0. The molecule has 0 bridgehead atoms. The smallest absolute Gasteiger partial charge is 0 e. The van der Waals surface area contributed by atoms with Crippen LogP contribution in [0, 0.1) is 0 Å². The molecule has 12 heavy (non-hydrogen) atoms. The molecule has 0 spiro atoms. The average Bonchev–Trinajstić information content (AvgIpc) is 2.07. The molecule has 0 aliphatic heterocycles. The van der Waals surface area contributed by atoms with Gasteiger partial charge in [0.2, 0.25) is 0 Å². The van der Waals surface area contributed by atoms with Crippen molar-refractivity contribution in [2.45, 2.75) is 32.6 Å².